The highest BCUT2D eigenvalue weighted by Gasteiger charge is 2.27. The molecular formula is C22H20N2O5S. The first-order valence-corrected chi connectivity index (χ1v) is 10.6. The van der Waals surface area contributed by atoms with Gasteiger partial charge in [-0.3, -0.25) is 4.31 Å². The van der Waals surface area contributed by atoms with E-state index in [0.29, 0.717) is 34.5 Å². The van der Waals surface area contributed by atoms with Crippen LogP contribution in [0, 0.1) is 6.92 Å². The third kappa shape index (κ3) is 3.81. The maximum absolute atomic E-state index is 13.5. The number of ether oxygens (including phenoxy) is 1. The average Bonchev–Trinajstić information content (AvgIpc) is 3.43. The molecule has 0 aliphatic rings. The fourth-order valence-electron chi connectivity index (χ4n) is 3.00. The van der Waals surface area contributed by atoms with E-state index in [-0.39, 0.29) is 11.4 Å². The standard InChI is InChI=1S/C22H20N2O5S/c1-16-20(23-22(29-16)21-9-6-14-28-21)15-24(17-10-12-18(27-2)13-11-17)30(25,26)19-7-4-3-5-8-19/h3-14H,15H2,1-2H3. The lowest BCUT2D eigenvalue weighted by Gasteiger charge is -2.24. The number of aryl methyl sites for hydroxylation is 1. The number of methoxy groups -OCH3 is 1. The number of aromatic nitrogens is 1. The van der Waals surface area contributed by atoms with Crippen molar-refractivity contribution in [3.05, 3.63) is 84.4 Å². The van der Waals surface area contributed by atoms with Crippen molar-refractivity contribution in [3.8, 4) is 17.4 Å². The molecule has 7 nitrogen and oxygen atoms in total. The molecule has 0 amide bonds. The highest BCUT2D eigenvalue weighted by atomic mass is 32.2. The van der Waals surface area contributed by atoms with Gasteiger partial charge in [-0.1, -0.05) is 18.2 Å². The van der Waals surface area contributed by atoms with Gasteiger partial charge < -0.3 is 13.6 Å². The molecule has 4 aromatic rings. The Morgan fingerprint density at radius 3 is 2.37 bits per heavy atom. The van der Waals surface area contributed by atoms with Gasteiger partial charge in [0.05, 0.1) is 30.5 Å². The van der Waals surface area contributed by atoms with E-state index < -0.39 is 10.0 Å². The van der Waals surface area contributed by atoms with Crippen LogP contribution in [-0.4, -0.2) is 20.5 Å². The van der Waals surface area contributed by atoms with Crippen LogP contribution in [0.1, 0.15) is 11.5 Å². The monoisotopic (exact) mass is 424 g/mol. The molecule has 2 heterocycles. The Bertz CT molecular complexity index is 1210. The Balaban J connectivity index is 1.76. The van der Waals surface area contributed by atoms with Crippen LogP contribution in [0.15, 0.2) is 86.7 Å². The van der Waals surface area contributed by atoms with Gasteiger partial charge in [-0.05, 0) is 55.5 Å². The van der Waals surface area contributed by atoms with Gasteiger partial charge in [0.25, 0.3) is 15.9 Å². The summed E-state index contributed by atoms with van der Waals surface area (Å²) in [5, 5.41) is 0. The summed E-state index contributed by atoms with van der Waals surface area (Å²) in [4.78, 5) is 4.66. The van der Waals surface area contributed by atoms with Gasteiger partial charge in [-0.15, -0.1) is 0 Å². The van der Waals surface area contributed by atoms with Crippen molar-refractivity contribution in [1.29, 1.82) is 0 Å². The first-order valence-electron chi connectivity index (χ1n) is 9.21. The number of hydrogen-bond donors (Lipinski definition) is 0. The molecule has 8 heteroatoms. The van der Waals surface area contributed by atoms with Crippen LogP contribution in [-0.2, 0) is 16.6 Å². The molecule has 2 aromatic heterocycles. The smallest absolute Gasteiger partial charge is 0.264 e. The van der Waals surface area contributed by atoms with Crippen LogP contribution in [0.3, 0.4) is 0 Å². The predicted octanol–water partition coefficient (Wildman–Crippen LogP) is 4.65. The van der Waals surface area contributed by atoms with Gasteiger partial charge in [-0.2, -0.15) is 0 Å². The first-order chi connectivity index (χ1) is 14.5. The van der Waals surface area contributed by atoms with E-state index in [9.17, 15) is 8.42 Å². The van der Waals surface area contributed by atoms with E-state index >= 15 is 0 Å². The molecule has 0 N–H and O–H groups in total. The highest BCUT2D eigenvalue weighted by molar-refractivity contribution is 7.92. The minimum atomic E-state index is -3.85. The molecule has 0 saturated heterocycles. The fraction of sp³-hybridized carbons (Fsp3) is 0.136. The van der Waals surface area contributed by atoms with Gasteiger partial charge in [0.15, 0.2) is 5.76 Å². The van der Waals surface area contributed by atoms with E-state index in [1.165, 1.54) is 10.6 Å². The lowest BCUT2D eigenvalue weighted by Crippen LogP contribution is -2.31. The topological polar surface area (TPSA) is 85.8 Å². The second-order valence-electron chi connectivity index (χ2n) is 6.52. The quantitative estimate of drug-likeness (QED) is 0.429. The average molecular weight is 424 g/mol. The Hall–Kier alpha value is -3.52. The van der Waals surface area contributed by atoms with Gasteiger partial charge in [-0.25, -0.2) is 13.4 Å². The van der Waals surface area contributed by atoms with Crippen molar-refractivity contribution in [3.63, 3.8) is 0 Å². The van der Waals surface area contributed by atoms with E-state index in [4.69, 9.17) is 13.6 Å². The van der Waals surface area contributed by atoms with E-state index in [0.717, 1.165) is 0 Å². The molecule has 0 unspecified atom stereocenters. The van der Waals surface area contributed by atoms with Crippen molar-refractivity contribution >= 4 is 15.7 Å². The third-order valence-electron chi connectivity index (χ3n) is 4.61. The summed E-state index contributed by atoms with van der Waals surface area (Å²) in [6, 6.07) is 18.6. The second-order valence-corrected chi connectivity index (χ2v) is 8.38. The van der Waals surface area contributed by atoms with Gasteiger partial charge in [0, 0.05) is 0 Å². The molecule has 2 aromatic carbocycles. The van der Waals surface area contributed by atoms with Crippen molar-refractivity contribution in [1.82, 2.24) is 4.98 Å². The molecule has 154 valence electrons. The van der Waals surface area contributed by atoms with Crippen molar-refractivity contribution in [2.24, 2.45) is 0 Å². The summed E-state index contributed by atoms with van der Waals surface area (Å²) in [7, 11) is -2.29. The number of nitrogens with zero attached hydrogens (tertiary/aromatic N) is 2. The molecule has 0 fully saturated rings. The van der Waals surface area contributed by atoms with E-state index in [2.05, 4.69) is 4.98 Å². The number of sulfonamides is 1. The summed E-state index contributed by atoms with van der Waals surface area (Å²) in [6.07, 6.45) is 1.53. The summed E-state index contributed by atoms with van der Waals surface area (Å²) in [5.74, 6) is 1.93. The number of furan rings is 1. The highest BCUT2D eigenvalue weighted by Crippen LogP contribution is 2.30. The fourth-order valence-corrected chi connectivity index (χ4v) is 4.45. The zero-order chi connectivity index (χ0) is 21.1. The third-order valence-corrected chi connectivity index (χ3v) is 6.40. The molecule has 4 rings (SSSR count). The van der Waals surface area contributed by atoms with E-state index in [1.54, 1.807) is 80.8 Å². The summed E-state index contributed by atoms with van der Waals surface area (Å²) >= 11 is 0. The molecule has 0 spiro atoms. The second kappa shape index (κ2) is 8.08. The predicted molar refractivity (Wildman–Crippen MR) is 112 cm³/mol. The van der Waals surface area contributed by atoms with Crippen LogP contribution in [0.4, 0.5) is 5.69 Å². The van der Waals surface area contributed by atoms with Crippen LogP contribution in [0.5, 0.6) is 5.75 Å². The van der Waals surface area contributed by atoms with Gasteiger partial charge in [0.1, 0.15) is 17.2 Å². The SMILES string of the molecule is COc1ccc(N(Cc2nc(-c3ccco3)oc2C)S(=O)(=O)c2ccccc2)cc1. The summed E-state index contributed by atoms with van der Waals surface area (Å²) < 4.78 is 44.5. The molecule has 0 radical (unpaired) electrons. The van der Waals surface area contributed by atoms with Gasteiger partial charge in [0.2, 0.25) is 0 Å². The Labute approximate surface area is 174 Å². The molecular weight excluding hydrogens is 404 g/mol. The number of rotatable bonds is 7. The number of benzene rings is 2. The van der Waals surface area contributed by atoms with Crippen LogP contribution in [0.2, 0.25) is 0 Å². The normalized spacial score (nSPS) is 11.4. The molecule has 30 heavy (non-hydrogen) atoms. The molecule has 0 saturated carbocycles. The first kappa shape index (κ1) is 19.8. The molecule has 0 bridgehead atoms. The molecule has 0 aliphatic carbocycles. The lowest BCUT2D eigenvalue weighted by molar-refractivity contribution is 0.415. The number of anilines is 1. The van der Waals surface area contributed by atoms with Crippen LogP contribution < -0.4 is 9.04 Å². The summed E-state index contributed by atoms with van der Waals surface area (Å²) in [5.41, 5.74) is 0.985. The van der Waals surface area contributed by atoms with Crippen molar-refractivity contribution < 1.29 is 22.0 Å². The number of oxazole rings is 1. The minimum absolute atomic E-state index is 0.000398. The Morgan fingerprint density at radius 2 is 1.73 bits per heavy atom. The lowest BCUT2D eigenvalue weighted by atomic mass is 10.3. The molecule has 0 atom stereocenters. The van der Waals surface area contributed by atoms with E-state index in [1.807, 2.05) is 0 Å². The maximum atomic E-state index is 13.5. The molecule has 0 aliphatic heterocycles. The van der Waals surface area contributed by atoms with Crippen molar-refractivity contribution in [2.75, 3.05) is 11.4 Å². The largest absolute Gasteiger partial charge is 0.497 e. The Kier molecular flexibility index (Phi) is 5.33. The van der Waals surface area contributed by atoms with Crippen LogP contribution in [0.25, 0.3) is 11.7 Å². The Morgan fingerprint density at radius 1 is 1.00 bits per heavy atom. The maximum Gasteiger partial charge on any atom is 0.264 e. The zero-order valence-electron chi connectivity index (χ0n) is 16.5. The van der Waals surface area contributed by atoms with Gasteiger partial charge >= 0.3 is 0 Å². The van der Waals surface area contributed by atoms with Crippen molar-refractivity contribution in [2.45, 2.75) is 18.4 Å². The van der Waals surface area contributed by atoms with Crippen LogP contribution >= 0.6 is 0 Å². The summed E-state index contributed by atoms with van der Waals surface area (Å²) in [6.45, 7) is 1.75. The number of hydrogen-bond acceptors (Lipinski definition) is 6. The minimum Gasteiger partial charge on any atom is -0.497 e. The zero-order valence-corrected chi connectivity index (χ0v) is 17.3.